The van der Waals surface area contributed by atoms with Crippen molar-refractivity contribution in [1.29, 1.82) is 0 Å². The van der Waals surface area contributed by atoms with Gasteiger partial charge in [-0.05, 0) is 73.7 Å². The summed E-state index contributed by atoms with van der Waals surface area (Å²) in [5, 5.41) is 1.44. The Balaban J connectivity index is 0.00000925. The molecule has 65 heavy (non-hydrogen) atoms. The first-order chi connectivity index (χ1) is 30.2. The molecule has 0 bridgehead atoms. The average Bonchev–Trinajstić information content (AvgIpc) is 3.65. The van der Waals surface area contributed by atoms with Gasteiger partial charge in [-0.3, -0.25) is 9.59 Å². The number of hydrogen-bond donors (Lipinski definition) is 0. The van der Waals surface area contributed by atoms with Crippen molar-refractivity contribution >= 4 is 49.8 Å². The third kappa shape index (κ3) is 14.1. The van der Waals surface area contributed by atoms with Crippen LogP contribution in [0.5, 0.6) is 0 Å². The zero-order chi connectivity index (χ0) is 46.9. The molecule has 346 valence electrons. The molecule has 3 heterocycles. The minimum absolute atomic E-state index is 0. The summed E-state index contributed by atoms with van der Waals surface area (Å²) >= 11 is 0. The Labute approximate surface area is 403 Å². The first kappa shape index (κ1) is 53.4. The number of fused-ring (bicyclic) bond motifs is 2. The summed E-state index contributed by atoms with van der Waals surface area (Å²) < 4.78 is 90.6. The minimum Gasteiger partial charge on any atom is -0.748 e. The number of benzene rings is 2. The van der Waals surface area contributed by atoms with Crippen LogP contribution in [0.1, 0.15) is 83.1 Å². The molecule has 19 heteroatoms. The molecule has 1 fully saturated rings. The Bertz CT molecular complexity index is 2580. The maximum atomic E-state index is 12.8. The number of carbonyl (C=O) groups excluding carboxylic acids is 3. The van der Waals surface area contributed by atoms with Gasteiger partial charge in [0.05, 0.1) is 21.1 Å². The molecule has 1 aromatic carbocycles. The van der Waals surface area contributed by atoms with E-state index in [1.165, 1.54) is 18.2 Å². The second kappa shape index (κ2) is 23.0. The van der Waals surface area contributed by atoms with Crippen LogP contribution in [0, 0.1) is 0 Å². The van der Waals surface area contributed by atoms with Crippen molar-refractivity contribution in [2.24, 2.45) is 0 Å². The fraction of sp³-hybridized carbons (Fsp3) is 0.435. The Hall–Kier alpha value is -4.24. The Morgan fingerprint density at radius 2 is 1.54 bits per heavy atom. The monoisotopic (exact) mass is 945 g/mol. The van der Waals surface area contributed by atoms with Crippen molar-refractivity contribution in [1.82, 2.24) is 9.64 Å². The van der Waals surface area contributed by atoms with Crippen LogP contribution in [0.3, 0.4) is 0 Å². The topological polar surface area (TPSA) is 216 Å². The van der Waals surface area contributed by atoms with E-state index in [2.05, 4.69) is 25.3 Å². The van der Waals surface area contributed by atoms with Gasteiger partial charge in [0.15, 0.2) is 13.1 Å². The number of nitrogens with zero attached hydrogens (tertiary/aromatic N) is 3. The molecule has 0 saturated carbocycles. The Morgan fingerprint density at radius 1 is 0.892 bits per heavy atom. The number of allylic oxidation sites excluding steroid dienone is 7. The van der Waals surface area contributed by atoms with Gasteiger partial charge in [-0.2, -0.15) is 0 Å². The van der Waals surface area contributed by atoms with Crippen molar-refractivity contribution in [2.75, 3.05) is 57.7 Å². The predicted octanol–water partition coefficient (Wildman–Crippen LogP) is 2.16. The second-order valence-corrected chi connectivity index (χ2v) is 19.7. The summed E-state index contributed by atoms with van der Waals surface area (Å²) in [6, 6.07) is 12.0. The van der Waals surface area contributed by atoms with Crippen molar-refractivity contribution in [2.45, 2.75) is 81.9 Å². The molecule has 1 aliphatic carbocycles. The standard InChI is InChI=1S/C46H57N3O13S2.Na/c1-45(2,3)41-30-33(36-19-17-34(31-39(36)61-41)47(25-27-59-5)26-28-60-6)14-10-8-7-9-11-15-40-46(4,23-12-16-44(52)62-49-42(50)21-22-43(49)51)37-32-35(64(56,57)58)18-20-38(37)48(40)24-13-29-63(53,54)55;/h7-11,14-15,17-20,30-32H,12-13,16,21-29H2,1-6H3,(H-,53,54,55,56,57,58);/q;+1/p-1. The molecule has 5 rings (SSSR count). The number of hydrogen-bond acceptors (Lipinski definition) is 14. The number of hydroxylamine groups is 2. The van der Waals surface area contributed by atoms with E-state index in [1.807, 2.05) is 48.6 Å². The van der Waals surface area contributed by atoms with Crippen LogP contribution in [0.25, 0.3) is 17.4 Å². The Morgan fingerprint density at radius 3 is 2.15 bits per heavy atom. The molecular weight excluding hydrogens is 890 g/mol. The van der Waals surface area contributed by atoms with Crippen LogP contribution in [0.15, 0.2) is 93.9 Å². The number of imide groups is 1. The van der Waals surface area contributed by atoms with Gasteiger partial charge in [-0.25, -0.2) is 26.2 Å². The predicted molar refractivity (Wildman–Crippen MR) is 237 cm³/mol. The molecule has 0 spiro atoms. The quantitative estimate of drug-likeness (QED) is 0.0522. The van der Waals surface area contributed by atoms with Crippen molar-refractivity contribution in [3.8, 4) is 11.3 Å². The normalized spacial score (nSPS) is 17.6. The van der Waals surface area contributed by atoms with Gasteiger partial charge in [0.1, 0.15) is 34.9 Å². The fourth-order valence-corrected chi connectivity index (χ4v) is 8.64. The largest absolute Gasteiger partial charge is 1.00 e. The van der Waals surface area contributed by atoms with Crippen LogP contribution < -0.4 is 44.4 Å². The van der Waals surface area contributed by atoms with Gasteiger partial charge in [0, 0.05) is 79.6 Å². The summed E-state index contributed by atoms with van der Waals surface area (Å²) in [5.41, 5.74) is 2.06. The first-order valence-electron chi connectivity index (χ1n) is 20.9. The minimum atomic E-state index is -4.88. The molecule has 2 amide bonds. The van der Waals surface area contributed by atoms with Crippen LogP contribution >= 0.6 is 0 Å². The van der Waals surface area contributed by atoms with Gasteiger partial charge >= 0.3 is 35.5 Å². The maximum absolute atomic E-state index is 12.8. The molecule has 1 atom stereocenters. The number of ether oxygens (including phenoxy) is 2. The molecule has 0 N–H and O–H groups in total. The molecule has 16 nitrogen and oxygen atoms in total. The van der Waals surface area contributed by atoms with Crippen molar-refractivity contribution in [3.05, 3.63) is 107 Å². The summed E-state index contributed by atoms with van der Waals surface area (Å²) in [5.74, 6) is -1.17. The van der Waals surface area contributed by atoms with Crippen LogP contribution in [-0.2, 0) is 59.8 Å². The molecule has 1 saturated heterocycles. The molecular formula is C46H56N3NaO13S2. The van der Waals surface area contributed by atoms with Gasteiger partial charge in [-0.15, -0.1) is 5.06 Å². The fourth-order valence-electron chi connectivity index (χ4n) is 7.66. The van der Waals surface area contributed by atoms with Crippen LogP contribution in [-0.4, -0.2) is 102 Å². The van der Waals surface area contributed by atoms with E-state index < -0.39 is 54.1 Å². The Kier molecular flexibility index (Phi) is 18.9. The summed E-state index contributed by atoms with van der Waals surface area (Å²) in [4.78, 5) is 43.1. The number of methoxy groups -OCH3 is 2. The number of anilines is 1. The van der Waals surface area contributed by atoms with Gasteiger partial charge in [-0.1, -0.05) is 57.2 Å². The molecule has 3 aliphatic heterocycles. The molecule has 0 radical (unpaired) electrons. The van der Waals surface area contributed by atoms with Crippen molar-refractivity contribution in [3.63, 3.8) is 0 Å². The maximum Gasteiger partial charge on any atom is 1.00 e. The van der Waals surface area contributed by atoms with E-state index in [0.29, 0.717) is 48.3 Å². The van der Waals surface area contributed by atoms with E-state index >= 15 is 0 Å². The smallest absolute Gasteiger partial charge is 0.748 e. The van der Waals surface area contributed by atoms with E-state index in [4.69, 9.17) is 18.7 Å². The zero-order valence-corrected chi connectivity index (χ0v) is 41.7. The third-order valence-electron chi connectivity index (χ3n) is 11.0. The SMILES string of the molecule is COCC[N+](CCOC)=c1ccc2c(/C=C/C=C/C=C/C=C3\N(CCCS(=O)(=O)[O-])c4ccc(S(=O)(=O)[O-])cc4C3(C)CCCC(=O)ON3C(=O)CCC3=O)cc(C(C)(C)C)oc-2c1.[Na+]. The average molecular weight is 946 g/mol. The molecule has 4 aliphatic rings. The number of carbonyl (C=O) groups is 3. The van der Waals surface area contributed by atoms with Gasteiger partial charge in [0.2, 0.25) is 5.36 Å². The first-order valence-corrected chi connectivity index (χ1v) is 23.9. The second-order valence-electron chi connectivity index (χ2n) is 16.8. The van der Waals surface area contributed by atoms with Crippen LogP contribution in [0.2, 0.25) is 0 Å². The molecule has 1 aromatic rings. The van der Waals surface area contributed by atoms with Gasteiger partial charge in [0.25, 0.3) is 11.8 Å². The zero-order valence-electron chi connectivity index (χ0n) is 38.0. The van der Waals surface area contributed by atoms with Crippen LogP contribution in [0.4, 0.5) is 5.69 Å². The van der Waals surface area contributed by atoms with Crippen molar-refractivity contribution < 1.29 is 88.6 Å². The number of amides is 2. The summed E-state index contributed by atoms with van der Waals surface area (Å²) in [6.45, 7) is 10.6. The van der Waals surface area contributed by atoms with E-state index in [1.54, 1.807) is 44.3 Å². The van der Waals surface area contributed by atoms with Gasteiger partial charge < -0.3 is 32.7 Å². The summed E-state index contributed by atoms with van der Waals surface area (Å²) in [7, 11) is -6.11. The van der Waals surface area contributed by atoms with E-state index in [-0.39, 0.29) is 80.0 Å². The van der Waals surface area contributed by atoms with E-state index in [9.17, 15) is 40.3 Å². The third-order valence-corrected chi connectivity index (χ3v) is 12.6. The molecule has 0 aromatic heterocycles. The summed E-state index contributed by atoms with van der Waals surface area (Å²) in [6.07, 6.45) is 12.8. The van der Waals surface area contributed by atoms with E-state index in [0.717, 1.165) is 28.0 Å². The number of rotatable bonds is 20. The molecule has 1 unspecified atom stereocenters.